The quantitative estimate of drug-likeness (QED) is 0.769. The SMILES string of the molecule is CC(C)n1ccc(CNCCC2CCOC2)n1. The number of aromatic nitrogens is 2. The minimum atomic E-state index is 0.444. The molecule has 0 spiro atoms. The lowest BCUT2D eigenvalue weighted by atomic mass is 10.1. The molecule has 4 heteroatoms. The van der Waals surface area contributed by atoms with E-state index < -0.39 is 0 Å². The third kappa shape index (κ3) is 3.82. The highest BCUT2D eigenvalue weighted by atomic mass is 16.5. The first kappa shape index (κ1) is 12.6. The Morgan fingerprint density at radius 3 is 3.12 bits per heavy atom. The molecule has 1 saturated heterocycles. The second-order valence-electron chi connectivity index (χ2n) is 5.08. The van der Waals surface area contributed by atoms with Gasteiger partial charge in [0.05, 0.1) is 5.69 Å². The number of hydrogen-bond donors (Lipinski definition) is 1. The fourth-order valence-corrected chi connectivity index (χ4v) is 2.09. The summed E-state index contributed by atoms with van der Waals surface area (Å²) in [7, 11) is 0. The summed E-state index contributed by atoms with van der Waals surface area (Å²) < 4.78 is 7.36. The van der Waals surface area contributed by atoms with Gasteiger partial charge in [-0.05, 0) is 45.2 Å². The van der Waals surface area contributed by atoms with Crippen molar-refractivity contribution >= 4 is 0 Å². The predicted octanol–water partition coefficient (Wildman–Crippen LogP) is 1.98. The van der Waals surface area contributed by atoms with Gasteiger partial charge < -0.3 is 10.1 Å². The van der Waals surface area contributed by atoms with Crippen LogP contribution in [0.5, 0.6) is 0 Å². The molecular weight excluding hydrogens is 214 g/mol. The molecule has 1 aromatic heterocycles. The monoisotopic (exact) mass is 237 g/mol. The molecule has 2 rings (SSSR count). The van der Waals surface area contributed by atoms with Crippen LogP contribution in [0.4, 0.5) is 0 Å². The molecule has 0 aliphatic carbocycles. The summed E-state index contributed by atoms with van der Waals surface area (Å²) in [5, 5.41) is 7.96. The van der Waals surface area contributed by atoms with E-state index in [1.54, 1.807) is 0 Å². The second kappa shape index (κ2) is 6.17. The van der Waals surface area contributed by atoms with Crippen LogP contribution in [0.2, 0.25) is 0 Å². The van der Waals surface area contributed by atoms with E-state index >= 15 is 0 Å². The molecule has 96 valence electrons. The molecule has 0 radical (unpaired) electrons. The van der Waals surface area contributed by atoms with E-state index in [-0.39, 0.29) is 0 Å². The molecule has 0 bridgehead atoms. The molecule has 1 aliphatic rings. The summed E-state index contributed by atoms with van der Waals surface area (Å²) in [6, 6.07) is 2.53. The molecule has 1 N–H and O–H groups in total. The molecule has 0 amide bonds. The van der Waals surface area contributed by atoms with Gasteiger partial charge in [0.25, 0.3) is 0 Å². The van der Waals surface area contributed by atoms with Crippen LogP contribution in [0.1, 0.15) is 38.4 Å². The highest BCUT2D eigenvalue weighted by Crippen LogP contribution is 2.15. The van der Waals surface area contributed by atoms with Gasteiger partial charge in [0, 0.05) is 32.0 Å². The van der Waals surface area contributed by atoms with Crippen molar-refractivity contribution in [2.24, 2.45) is 5.92 Å². The van der Waals surface area contributed by atoms with Gasteiger partial charge in [0.1, 0.15) is 0 Å². The lowest BCUT2D eigenvalue weighted by molar-refractivity contribution is 0.184. The normalized spacial score (nSPS) is 20.3. The molecule has 1 atom stereocenters. The Kier molecular flexibility index (Phi) is 4.57. The fourth-order valence-electron chi connectivity index (χ4n) is 2.09. The average molecular weight is 237 g/mol. The predicted molar refractivity (Wildman–Crippen MR) is 67.9 cm³/mol. The van der Waals surface area contributed by atoms with E-state index in [4.69, 9.17) is 4.74 Å². The maximum absolute atomic E-state index is 5.36. The van der Waals surface area contributed by atoms with Gasteiger partial charge in [-0.2, -0.15) is 5.10 Å². The zero-order chi connectivity index (χ0) is 12.1. The Labute approximate surface area is 103 Å². The minimum absolute atomic E-state index is 0.444. The lowest BCUT2D eigenvalue weighted by Gasteiger charge is -2.07. The van der Waals surface area contributed by atoms with Crippen molar-refractivity contribution in [2.75, 3.05) is 19.8 Å². The van der Waals surface area contributed by atoms with Crippen molar-refractivity contribution in [3.63, 3.8) is 0 Å². The summed E-state index contributed by atoms with van der Waals surface area (Å²) in [5.74, 6) is 0.760. The van der Waals surface area contributed by atoms with Crippen molar-refractivity contribution in [1.82, 2.24) is 15.1 Å². The van der Waals surface area contributed by atoms with Crippen LogP contribution < -0.4 is 5.32 Å². The summed E-state index contributed by atoms with van der Waals surface area (Å²) >= 11 is 0. The van der Waals surface area contributed by atoms with Crippen LogP contribution in [0.3, 0.4) is 0 Å². The zero-order valence-electron chi connectivity index (χ0n) is 10.9. The highest BCUT2D eigenvalue weighted by molar-refractivity contribution is 4.98. The minimum Gasteiger partial charge on any atom is -0.381 e. The summed E-state index contributed by atoms with van der Waals surface area (Å²) in [6.45, 7) is 8.11. The molecule has 1 unspecified atom stereocenters. The summed E-state index contributed by atoms with van der Waals surface area (Å²) in [5.41, 5.74) is 1.13. The number of hydrogen-bond acceptors (Lipinski definition) is 3. The third-order valence-electron chi connectivity index (χ3n) is 3.25. The smallest absolute Gasteiger partial charge is 0.0762 e. The molecule has 1 aliphatic heterocycles. The van der Waals surface area contributed by atoms with E-state index in [0.717, 1.165) is 37.9 Å². The Morgan fingerprint density at radius 1 is 1.59 bits per heavy atom. The molecule has 4 nitrogen and oxygen atoms in total. The van der Waals surface area contributed by atoms with E-state index in [1.165, 1.54) is 12.8 Å². The third-order valence-corrected chi connectivity index (χ3v) is 3.25. The summed E-state index contributed by atoms with van der Waals surface area (Å²) in [4.78, 5) is 0. The first-order valence-corrected chi connectivity index (χ1v) is 6.58. The molecule has 0 saturated carbocycles. The number of nitrogens with zero attached hydrogens (tertiary/aromatic N) is 2. The Hall–Kier alpha value is -0.870. The number of nitrogens with one attached hydrogen (secondary N) is 1. The molecule has 1 fully saturated rings. The Bertz CT molecular complexity index is 329. The Morgan fingerprint density at radius 2 is 2.47 bits per heavy atom. The van der Waals surface area contributed by atoms with Crippen LogP contribution in [0, 0.1) is 5.92 Å². The van der Waals surface area contributed by atoms with Crippen molar-refractivity contribution in [3.05, 3.63) is 18.0 Å². The van der Waals surface area contributed by atoms with E-state index in [1.807, 2.05) is 10.9 Å². The maximum Gasteiger partial charge on any atom is 0.0762 e. The second-order valence-corrected chi connectivity index (χ2v) is 5.08. The standard InChI is InChI=1S/C13H23N3O/c1-11(2)16-7-4-13(15-16)9-14-6-3-12-5-8-17-10-12/h4,7,11-12,14H,3,5-6,8-10H2,1-2H3. The topological polar surface area (TPSA) is 39.1 Å². The molecule has 2 heterocycles. The van der Waals surface area contributed by atoms with Gasteiger partial charge in [-0.15, -0.1) is 0 Å². The lowest BCUT2D eigenvalue weighted by Crippen LogP contribution is -2.18. The number of rotatable bonds is 6. The highest BCUT2D eigenvalue weighted by Gasteiger charge is 2.14. The molecular formula is C13H23N3O. The molecule has 0 aromatic carbocycles. The van der Waals surface area contributed by atoms with Crippen LogP contribution in [0.15, 0.2) is 12.3 Å². The molecule has 17 heavy (non-hydrogen) atoms. The Balaban J connectivity index is 1.63. The van der Waals surface area contributed by atoms with Crippen LogP contribution in [0.25, 0.3) is 0 Å². The largest absolute Gasteiger partial charge is 0.381 e. The van der Waals surface area contributed by atoms with Crippen molar-refractivity contribution in [1.29, 1.82) is 0 Å². The van der Waals surface area contributed by atoms with Crippen LogP contribution >= 0.6 is 0 Å². The van der Waals surface area contributed by atoms with E-state index in [2.05, 4.69) is 30.3 Å². The number of ether oxygens (including phenoxy) is 1. The first-order valence-electron chi connectivity index (χ1n) is 6.58. The van der Waals surface area contributed by atoms with Crippen LogP contribution in [-0.2, 0) is 11.3 Å². The van der Waals surface area contributed by atoms with Gasteiger partial charge in [-0.3, -0.25) is 4.68 Å². The van der Waals surface area contributed by atoms with Gasteiger partial charge in [0.2, 0.25) is 0 Å². The van der Waals surface area contributed by atoms with E-state index in [0.29, 0.717) is 6.04 Å². The van der Waals surface area contributed by atoms with Crippen molar-refractivity contribution < 1.29 is 4.74 Å². The van der Waals surface area contributed by atoms with Gasteiger partial charge in [-0.25, -0.2) is 0 Å². The average Bonchev–Trinajstić information content (AvgIpc) is 2.96. The zero-order valence-corrected chi connectivity index (χ0v) is 10.9. The van der Waals surface area contributed by atoms with Gasteiger partial charge in [0.15, 0.2) is 0 Å². The summed E-state index contributed by atoms with van der Waals surface area (Å²) in [6.07, 6.45) is 4.49. The fraction of sp³-hybridized carbons (Fsp3) is 0.769. The first-order chi connectivity index (χ1) is 8.25. The van der Waals surface area contributed by atoms with Crippen molar-refractivity contribution in [2.45, 2.75) is 39.3 Å². The van der Waals surface area contributed by atoms with Crippen molar-refractivity contribution in [3.8, 4) is 0 Å². The van der Waals surface area contributed by atoms with Crippen LogP contribution in [-0.4, -0.2) is 29.5 Å². The molecule has 1 aromatic rings. The van der Waals surface area contributed by atoms with Gasteiger partial charge in [-0.1, -0.05) is 0 Å². The van der Waals surface area contributed by atoms with Gasteiger partial charge >= 0.3 is 0 Å². The maximum atomic E-state index is 5.36. The van der Waals surface area contributed by atoms with E-state index in [9.17, 15) is 0 Å².